The summed E-state index contributed by atoms with van der Waals surface area (Å²) in [7, 11) is 0. The third-order valence-corrected chi connectivity index (χ3v) is 4.84. The molecule has 1 aliphatic rings. The second-order valence-corrected chi connectivity index (χ2v) is 6.67. The van der Waals surface area contributed by atoms with Crippen LogP contribution in [-0.2, 0) is 12.6 Å². The van der Waals surface area contributed by atoms with Gasteiger partial charge in [0.15, 0.2) is 0 Å². The van der Waals surface area contributed by atoms with Crippen LogP contribution in [0.3, 0.4) is 0 Å². The number of hydrogen-bond donors (Lipinski definition) is 3. The Balaban J connectivity index is 1.48. The van der Waals surface area contributed by atoms with Gasteiger partial charge in [0.1, 0.15) is 11.5 Å². The molecule has 0 radical (unpaired) electrons. The van der Waals surface area contributed by atoms with Crippen molar-refractivity contribution in [1.82, 2.24) is 20.3 Å². The van der Waals surface area contributed by atoms with Gasteiger partial charge in [0.05, 0.1) is 0 Å². The standard InChI is InChI=1S/C19H21F3N6/c20-19(21,22)17-14(13-3-1-2-4-15(13)26-17)5-7-24-18-25-8-6-16(27-18)28-11-9-23-10-12-28/h1-4,6,8,23,26H,5,7,9-12H2,(H,24,25,27). The summed E-state index contributed by atoms with van der Waals surface area (Å²) in [5, 5.41) is 6.94. The van der Waals surface area contributed by atoms with Gasteiger partial charge in [0.2, 0.25) is 5.95 Å². The number of aromatic amines is 1. The highest BCUT2D eigenvalue weighted by molar-refractivity contribution is 5.84. The van der Waals surface area contributed by atoms with Crippen LogP contribution in [-0.4, -0.2) is 47.7 Å². The Kier molecular flexibility index (Phi) is 5.08. The molecule has 0 bridgehead atoms. The number of para-hydroxylation sites is 1. The fourth-order valence-electron chi connectivity index (χ4n) is 3.51. The molecule has 0 unspecified atom stereocenters. The van der Waals surface area contributed by atoms with E-state index >= 15 is 0 Å². The minimum absolute atomic E-state index is 0.208. The van der Waals surface area contributed by atoms with E-state index in [2.05, 4.69) is 30.5 Å². The third kappa shape index (κ3) is 3.89. The summed E-state index contributed by atoms with van der Waals surface area (Å²) in [5.74, 6) is 1.24. The van der Waals surface area contributed by atoms with E-state index in [0.717, 1.165) is 32.0 Å². The summed E-state index contributed by atoms with van der Waals surface area (Å²) < 4.78 is 40.2. The first kappa shape index (κ1) is 18.5. The molecule has 1 aliphatic heterocycles. The smallest absolute Gasteiger partial charge is 0.354 e. The van der Waals surface area contributed by atoms with E-state index in [1.165, 1.54) is 0 Å². The van der Waals surface area contributed by atoms with Crippen LogP contribution in [0.2, 0.25) is 0 Å². The maximum Gasteiger partial charge on any atom is 0.431 e. The van der Waals surface area contributed by atoms with Crippen LogP contribution in [0.15, 0.2) is 36.5 Å². The zero-order valence-electron chi connectivity index (χ0n) is 15.2. The van der Waals surface area contributed by atoms with Crippen molar-refractivity contribution < 1.29 is 13.2 Å². The summed E-state index contributed by atoms with van der Waals surface area (Å²) in [6, 6.07) is 8.67. The van der Waals surface area contributed by atoms with Gasteiger partial charge in [-0.15, -0.1) is 0 Å². The normalized spacial score (nSPS) is 15.2. The number of H-pyrrole nitrogens is 1. The molecule has 0 amide bonds. The molecule has 28 heavy (non-hydrogen) atoms. The number of fused-ring (bicyclic) bond motifs is 1. The lowest BCUT2D eigenvalue weighted by Gasteiger charge is -2.28. The Bertz CT molecular complexity index is 946. The minimum atomic E-state index is -4.42. The first-order valence-corrected chi connectivity index (χ1v) is 9.22. The van der Waals surface area contributed by atoms with E-state index in [1.807, 2.05) is 6.07 Å². The van der Waals surface area contributed by atoms with Gasteiger partial charge >= 0.3 is 6.18 Å². The monoisotopic (exact) mass is 390 g/mol. The molecular weight excluding hydrogens is 369 g/mol. The highest BCUT2D eigenvalue weighted by Gasteiger charge is 2.36. The molecule has 1 fully saturated rings. The van der Waals surface area contributed by atoms with Crippen molar-refractivity contribution in [2.75, 3.05) is 42.9 Å². The maximum atomic E-state index is 13.4. The van der Waals surface area contributed by atoms with E-state index in [1.54, 1.807) is 30.5 Å². The average molecular weight is 390 g/mol. The number of alkyl halides is 3. The van der Waals surface area contributed by atoms with Crippen molar-refractivity contribution in [3.63, 3.8) is 0 Å². The van der Waals surface area contributed by atoms with Crippen molar-refractivity contribution in [1.29, 1.82) is 0 Å². The number of nitrogens with zero attached hydrogens (tertiary/aromatic N) is 3. The zero-order valence-corrected chi connectivity index (χ0v) is 15.2. The van der Waals surface area contributed by atoms with Gasteiger partial charge in [-0.05, 0) is 24.1 Å². The number of hydrogen-bond acceptors (Lipinski definition) is 5. The van der Waals surface area contributed by atoms with E-state index < -0.39 is 11.9 Å². The zero-order chi connectivity index (χ0) is 19.6. The molecule has 9 heteroatoms. The number of anilines is 2. The average Bonchev–Trinajstić information content (AvgIpc) is 3.08. The molecule has 6 nitrogen and oxygen atoms in total. The first-order valence-electron chi connectivity index (χ1n) is 9.22. The van der Waals surface area contributed by atoms with Gasteiger partial charge in [-0.25, -0.2) is 4.98 Å². The predicted octanol–water partition coefficient (Wildman–Crippen LogP) is 3.04. The van der Waals surface area contributed by atoms with Crippen LogP contribution >= 0.6 is 0 Å². The van der Waals surface area contributed by atoms with Crippen molar-refractivity contribution >= 4 is 22.7 Å². The lowest BCUT2D eigenvalue weighted by atomic mass is 10.1. The highest BCUT2D eigenvalue weighted by atomic mass is 19.4. The van der Waals surface area contributed by atoms with Gasteiger partial charge in [0, 0.05) is 49.8 Å². The van der Waals surface area contributed by atoms with Gasteiger partial charge in [0.25, 0.3) is 0 Å². The quantitative estimate of drug-likeness (QED) is 0.625. The van der Waals surface area contributed by atoms with Crippen molar-refractivity contribution in [2.24, 2.45) is 0 Å². The summed E-state index contributed by atoms with van der Waals surface area (Å²) in [6.07, 6.45) is -2.55. The fourth-order valence-corrected chi connectivity index (χ4v) is 3.51. The van der Waals surface area contributed by atoms with Gasteiger partial charge in [-0.1, -0.05) is 18.2 Å². The van der Waals surface area contributed by atoms with Crippen molar-refractivity contribution in [3.05, 3.63) is 47.8 Å². The summed E-state index contributed by atoms with van der Waals surface area (Å²) in [5.41, 5.74) is 0.0571. The number of aromatic nitrogens is 3. The molecule has 3 N–H and O–H groups in total. The molecule has 2 aromatic heterocycles. The molecule has 1 aromatic carbocycles. The van der Waals surface area contributed by atoms with Gasteiger partial charge in [-0.2, -0.15) is 18.2 Å². The summed E-state index contributed by atoms with van der Waals surface area (Å²) in [6.45, 7) is 3.82. The number of benzene rings is 1. The SMILES string of the molecule is FC(F)(F)c1[nH]c2ccccc2c1CCNc1nccc(N2CCNCC2)n1. The number of rotatable bonds is 5. The van der Waals surface area contributed by atoms with Crippen LogP contribution in [0, 0.1) is 0 Å². The van der Waals surface area contributed by atoms with Crippen LogP contribution in [0.5, 0.6) is 0 Å². The van der Waals surface area contributed by atoms with Crippen LogP contribution in [0.1, 0.15) is 11.3 Å². The summed E-state index contributed by atoms with van der Waals surface area (Å²) >= 11 is 0. The van der Waals surface area contributed by atoms with Gasteiger partial charge < -0.3 is 20.5 Å². The van der Waals surface area contributed by atoms with E-state index in [0.29, 0.717) is 23.4 Å². The number of halogens is 3. The number of nitrogens with one attached hydrogen (secondary N) is 3. The fraction of sp³-hybridized carbons (Fsp3) is 0.368. The Morgan fingerprint density at radius 1 is 1.11 bits per heavy atom. The highest BCUT2D eigenvalue weighted by Crippen LogP contribution is 2.35. The Labute approximate surface area is 160 Å². The lowest BCUT2D eigenvalue weighted by Crippen LogP contribution is -2.43. The van der Waals surface area contributed by atoms with Crippen LogP contribution < -0.4 is 15.5 Å². The molecule has 148 valence electrons. The Hall–Kier alpha value is -2.81. The molecule has 3 aromatic rings. The number of piperazine rings is 1. The van der Waals surface area contributed by atoms with Crippen LogP contribution in [0.25, 0.3) is 10.9 Å². The minimum Gasteiger partial charge on any atom is -0.354 e. The van der Waals surface area contributed by atoms with E-state index in [-0.39, 0.29) is 12.0 Å². The largest absolute Gasteiger partial charge is 0.431 e. The first-order chi connectivity index (χ1) is 13.5. The van der Waals surface area contributed by atoms with Crippen molar-refractivity contribution in [3.8, 4) is 0 Å². The third-order valence-electron chi connectivity index (χ3n) is 4.84. The van der Waals surface area contributed by atoms with Gasteiger partial charge in [-0.3, -0.25) is 0 Å². The molecule has 4 rings (SSSR count). The van der Waals surface area contributed by atoms with Crippen molar-refractivity contribution in [2.45, 2.75) is 12.6 Å². The molecule has 0 saturated carbocycles. The van der Waals surface area contributed by atoms with E-state index in [9.17, 15) is 13.2 Å². The van der Waals surface area contributed by atoms with E-state index in [4.69, 9.17) is 0 Å². The second kappa shape index (κ2) is 7.67. The van der Waals surface area contributed by atoms with Crippen LogP contribution in [0.4, 0.5) is 24.9 Å². The topological polar surface area (TPSA) is 68.9 Å². The molecule has 0 atom stereocenters. The summed E-state index contributed by atoms with van der Waals surface area (Å²) in [4.78, 5) is 13.4. The maximum absolute atomic E-state index is 13.4. The lowest BCUT2D eigenvalue weighted by molar-refractivity contribution is -0.141. The Morgan fingerprint density at radius 3 is 2.68 bits per heavy atom. The molecule has 3 heterocycles. The molecule has 1 saturated heterocycles. The molecule has 0 aliphatic carbocycles. The second-order valence-electron chi connectivity index (χ2n) is 6.67. The Morgan fingerprint density at radius 2 is 1.89 bits per heavy atom. The molecular formula is C19H21F3N6. The molecule has 0 spiro atoms. The predicted molar refractivity (Wildman–Crippen MR) is 103 cm³/mol.